The molecule has 2 aromatic rings. The van der Waals surface area contributed by atoms with Gasteiger partial charge in [-0.3, -0.25) is 0 Å². The lowest BCUT2D eigenvalue weighted by Crippen LogP contribution is -1.96. The molecule has 2 aromatic heterocycles. The number of aromatic nitrogens is 4. The van der Waals surface area contributed by atoms with Crippen LogP contribution in [0, 0.1) is 4.64 Å². The summed E-state index contributed by atoms with van der Waals surface area (Å²) in [4.78, 5) is 11.3. The molecule has 72 valence electrons. The lowest BCUT2D eigenvalue weighted by atomic mass is 10.5. The number of hydrogen-bond acceptors (Lipinski definition) is 3. The van der Waals surface area contributed by atoms with Crippen molar-refractivity contribution in [2.45, 2.75) is 0 Å². The summed E-state index contributed by atoms with van der Waals surface area (Å²) in [6.45, 7) is 0. The van der Waals surface area contributed by atoms with Crippen LogP contribution in [0.2, 0.25) is 0 Å². The summed E-state index contributed by atoms with van der Waals surface area (Å²) in [5, 5.41) is 0. The summed E-state index contributed by atoms with van der Waals surface area (Å²) in [6, 6.07) is 0. The molecule has 0 unspecified atom stereocenters. The lowest BCUT2D eigenvalue weighted by Gasteiger charge is -2.00. The molecule has 0 saturated heterocycles. The van der Waals surface area contributed by atoms with E-state index < -0.39 is 0 Å². The Labute approximate surface area is 94.2 Å². The highest BCUT2D eigenvalue weighted by Crippen LogP contribution is 2.14. The molecule has 2 rings (SSSR count). The zero-order valence-electron chi connectivity index (χ0n) is 7.36. The first kappa shape index (κ1) is 9.54. The van der Waals surface area contributed by atoms with E-state index in [1.54, 1.807) is 12.4 Å². The predicted octanol–water partition coefficient (Wildman–Crippen LogP) is 2.30. The minimum Gasteiger partial charge on any atom is -0.331 e. The van der Waals surface area contributed by atoms with Crippen LogP contribution < -0.4 is 0 Å². The van der Waals surface area contributed by atoms with Gasteiger partial charge in [0.1, 0.15) is 4.64 Å². The largest absolute Gasteiger partial charge is 0.331 e. The maximum atomic E-state index is 5.08. The number of halogens is 1. The number of hydrogen-bond donors (Lipinski definition) is 1. The topological polar surface area (TPSA) is 46.5 Å². The van der Waals surface area contributed by atoms with Crippen molar-refractivity contribution in [2.75, 3.05) is 0 Å². The van der Waals surface area contributed by atoms with Crippen molar-refractivity contribution in [1.29, 1.82) is 0 Å². The van der Waals surface area contributed by atoms with Crippen molar-refractivity contribution in [1.82, 2.24) is 19.5 Å². The molecule has 0 amide bonds. The fourth-order valence-corrected chi connectivity index (χ4v) is 1.44. The van der Waals surface area contributed by atoms with Gasteiger partial charge < -0.3 is 9.55 Å². The van der Waals surface area contributed by atoms with E-state index in [1.807, 2.05) is 17.8 Å². The van der Waals surface area contributed by atoms with E-state index in [0.29, 0.717) is 10.5 Å². The van der Waals surface area contributed by atoms with Crippen molar-refractivity contribution >= 4 is 28.1 Å². The Morgan fingerprint density at radius 3 is 2.86 bits per heavy atom. The molecule has 0 aliphatic heterocycles. The molecule has 0 spiro atoms. The normalized spacial score (nSPS) is 10.4. The number of aryl methyl sites for hydroxylation is 1. The molecule has 0 aliphatic carbocycles. The highest BCUT2D eigenvalue weighted by atomic mass is 79.9. The van der Waals surface area contributed by atoms with Crippen molar-refractivity contribution in [3.05, 3.63) is 27.7 Å². The van der Waals surface area contributed by atoms with Gasteiger partial charge in [0.2, 0.25) is 0 Å². The van der Waals surface area contributed by atoms with E-state index in [2.05, 4.69) is 30.9 Å². The Morgan fingerprint density at radius 1 is 1.50 bits per heavy atom. The van der Waals surface area contributed by atoms with Crippen molar-refractivity contribution in [3.63, 3.8) is 0 Å². The highest BCUT2D eigenvalue weighted by molar-refractivity contribution is 9.10. The van der Waals surface area contributed by atoms with E-state index in [4.69, 9.17) is 12.2 Å². The van der Waals surface area contributed by atoms with E-state index >= 15 is 0 Å². The minimum atomic E-state index is 0.623. The van der Waals surface area contributed by atoms with Crippen molar-refractivity contribution in [3.8, 4) is 11.6 Å². The first-order chi connectivity index (χ1) is 6.68. The average Bonchev–Trinajstić information content (AvgIpc) is 2.57. The molecule has 2 heterocycles. The molecular formula is C8H7BrN4S. The van der Waals surface area contributed by atoms with Gasteiger partial charge in [-0.25, -0.2) is 9.97 Å². The van der Waals surface area contributed by atoms with Gasteiger partial charge in [-0.2, -0.15) is 0 Å². The van der Waals surface area contributed by atoms with Gasteiger partial charge in [-0.1, -0.05) is 12.2 Å². The van der Waals surface area contributed by atoms with Gasteiger partial charge in [0.05, 0.1) is 4.47 Å². The van der Waals surface area contributed by atoms with Crippen molar-refractivity contribution < 1.29 is 0 Å². The molecule has 0 fully saturated rings. The molecule has 0 saturated carbocycles. The second-order valence-electron chi connectivity index (χ2n) is 2.77. The molecule has 0 aliphatic rings. The third-order valence-electron chi connectivity index (χ3n) is 1.79. The molecule has 14 heavy (non-hydrogen) atoms. The molecule has 0 radical (unpaired) electrons. The zero-order valence-corrected chi connectivity index (χ0v) is 9.76. The molecule has 1 N–H and O–H groups in total. The highest BCUT2D eigenvalue weighted by Gasteiger charge is 2.05. The summed E-state index contributed by atoms with van der Waals surface area (Å²) in [7, 11) is 1.91. The Balaban J connectivity index is 2.59. The summed E-state index contributed by atoms with van der Waals surface area (Å²) in [6.07, 6.45) is 5.24. The number of nitrogens with one attached hydrogen (secondary N) is 1. The summed E-state index contributed by atoms with van der Waals surface area (Å²) in [5.74, 6) is 1.44. The number of H-pyrrole nitrogens is 1. The average molecular weight is 271 g/mol. The van der Waals surface area contributed by atoms with Gasteiger partial charge in [-0.05, 0) is 15.9 Å². The van der Waals surface area contributed by atoms with Gasteiger partial charge in [-0.15, -0.1) is 0 Å². The van der Waals surface area contributed by atoms with E-state index in [-0.39, 0.29) is 0 Å². The first-order valence-corrected chi connectivity index (χ1v) is 5.11. The van der Waals surface area contributed by atoms with Crippen LogP contribution in [0.4, 0.5) is 0 Å². The van der Waals surface area contributed by atoms with Crippen LogP contribution in [-0.4, -0.2) is 19.5 Å². The smallest absolute Gasteiger partial charge is 0.175 e. The van der Waals surface area contributed by atoms with Crippen LogP contribution in [0.5, 0.6) is 0 Å². The lowest BCUT2D eigenvalue weighted by molar-refractivity contribution is 0.904. The molecule has 4 nitrogen and oxygen atoms in total. The fourth-order valence-electron chi connectivity index (χ4n) is 1.09. The maximum absolute atomic E-state index is 5.08. The van der Waals surface area contributed by atoms with E-state index in [0.717, 1.165) is 10.3 Å². The second-order valence-corrected chi connectivity index (χ2v) is 4.03. The van der Waals surface area contributed by atoms with E-state index in [1.165, 1.54) is 0 Å². The Bertz CT molecular complexity index is 516. The monoisotopic (exact) mass is 270 g/mol. The molecule has 0 aromatic carbocycles. The van der Waals surface area contributed by atoms with Gasteiger partial charge >= 0.3 is 0 Å². The fraction of sp³-hybridized carbons (Fsp3) is 0.125. The SMILES string of the molecule is Cn1ccnc1-c1ncc(Br)c(=S)[nH]1. The third-order valence-corrected chi connectivity index (χ3v) is 2.97. The van der Waals surface area contributed by atoms with Crippen LogP contribution in [-0.2, 0) is 7.05 Å². The number of imidazole rings is 1. The van der Waals surface area contributed by atoms with Crippen LogP contribution >= 0.6 is 28.1 Å². The summed E-state index contributed by atoms with van der Waals surface area (Å²) < 4.78 is 3.28. The van der Waals surface area contributed by atoms with Crippen LogP contribution in [0.1, 0.15) is 0 Å². The Morgan fingerprint density at radius 2 is 2.29 bits per heavy atom. The number of aromatic amines is 1. The van der Waals surface area contributed by atoms with Crippen LogP contribution in [0.3, 0.4) is 0 Å². The quantitative estimate of drug-likeness (QED) is 0.809. The maximum Gasteiger partial charge on any atom is 0.175 e. The van der Waals surface area contributed by atoms with Gasteiger partial charge in [0.25, 0.3) is 0 Å². The Kier molecular flexibility index (Phi) is 2.47. The molecular weight excluding hydrogens is 264 g/mol. The second kappa shape index (κ2) is 3.62. The van der Waals surface area contributed by atoms with Crippen LogP contribution in [0.15, 0.2) is 23.1 Å². The van der Waals surface area contributed by atoms with Crippen LogP contribution in [0.25, 0.3) is 11.6 Å². The predicted molar refractivity (Wildman–Crippen MR) is 59.3 cm³/mol. The van der Waals surface area contributed by atoms with Crippen molar-refractivity contribution in [2.24, 2.45) is 7.05 Å². The number of nitrogens with zero attached hydrogens (tertiary/aromatic N) is 3. The number of rotatable bonds is 1. The van der Waals surface area contributed by atoms with Gasteiger partial charge in [0, 0.05) is 25.6 Å². The standard InChI is InChI=1S/C8H7BrN4S/c1-13-3-2-10-7(13)6-11-4-5(9)8(14)12-6/h2-4H,1H3,(H,11,12,14). The van der Waals surface area contributed by atoms with Gasteiger partial charge in [0.15, 0.2) is 11.6 Å². The van der Waals surface area contributed by atoms with E-state index in [9.17, 15) is 0 Å². The summed E-state index contributed by atoms with van der Waals surface area (Å²) >= 11 is 8.36. The third kappa shape index (κ3) is 1.62. The molecule has 6 heteroatoms. The molecule has 0 atom stereocenters. The molecule has 0 bridgehead atoms. The minimum absolute atomic E-state index is 0.623. The Hall–Kier alpha value is -1.01. The first-order valence-electron chi connectivity index (χ1n) is 3.91. The summed E-state index contributed by atoms with van der Waals surface area (Å²) in [5.41, 5.74) is 0. The zero-order chi connectivity index (χ0) is 10.1.